The lowest BCUT2D eigenvalue weighted by Crippen LogP contribution is -2.45. The van der Waals surface area contributed by atoms with Crippen LogP contribution in [0.25, 0.3) is 10.8 Å². The zero-order valence-corrected chi connectivity index (χ0v) is 16.9. The fourth-order valence-corrected chi connectivity index (χ4v) is 4.79. The molecule has 29 heavy (non-hydrogen) atoms. The summed E-state index contributed by atoms with van der Waals surface area (Å²) >= 11 is 6.34. The monoisotopic (exact) mass is 413 g/mol. The Balaban J connectivity index is 1.92. The Labute approximate surface area is 172 Å². The molecule has 150 valence electrons. The molecular weight excluding hydrogens is 393 g/mol. The van der Waals surface area contributed by atoms with Crippen molar-refractivity contribution >= 4 is 28.1 Å². The van der Waals surface area contributed by atoms with E-state index in [4.69, 9.17) is 11.6 Å². The van der Waals surface area contributed by atoms with E-state index in [-0.39, 0.29) is 17.9 Å². The smallest absolute Gasteiger partial charge is 0.255 e. The van der Waals surface area contributed by atoms with Crippen LogP contribution in [0.1, 0.15) is 42.0 Å². The van der Waals surface area contributed by atoms with Gasteiger partial charge >= 0.3 is 0 Å². The maximum absolute atomic E-state index is 14.3. The lowest BCUT2D eigenvalue weighted by molar-refractivity contribution is 0.230. The van der Waals surface area contributed by atoms with E-state index in [9.17, 15) is 14.1 Å². The maximum Gasteiger partial charge on any atom is 0.255 e. The number of pyridine rings is 1. The quantitative estimate of drug-likeness (QED) is 0.544. The molecule has 1 aliphatic rings. The van der Waals surface area contributed by atoms with Crippen molar-refractivity contribution in [2.24, 2.45) is 5.18 Å². The predicted octanol–water partition coefficient (Wildman–Crippen LogP) is 5.63. The summed E-state index contributed by atoms with van der Waals surface area (Å²) in [5.41, 5.74) is 1.74. The Morgan fingerprint density at radius 2 is 2.07 bits per heavy atom. The van der Waals surface area contributed by atoms with E-state index >= 15 is 0 Å². The van der Waals surface area contributed by atoms with Gasteiger partial charge in [-0.1, -0.05) is 35.8 Å². The summed E-state index contributed by atoms with van der Waals surface area (Å²) < 4.78 is 14.3. The second-order valence-corrected chi connectivity index (χ2v) is 8.17. The van der Waals surface area contributed by atoms with Crippen LogP contribution in [-0.2, 0) is 0 Å². The van der Waals surface area contributed by atoms with Crippen molar-refractivity contribution in [3.05, 3.63) is 79.6 Å². The van der Waals surface area contributed by atoms with Gasteiger partial charge in [-0.05, 0) is 60.2 Å². The van der Waals surface area contributed by atoms with E-state index in [0.29, 0.717) is 21.5 Å². The first kappa shape index (κ1) is 19.6. The zero-order chi connectivity index (χ0) is 20.8. The second kappa shape index (κ2) is 7.26. The lowest BCUT2D eigenvalue weighted by Gasteiger charge is -2.42. The van der Waals surface area contributed by atoms with Gasteiger partial charge in [-0.15, -0.1) is 0 Å². The maximum atomic E-state index is 14.3. The standard InChI is InChI=1S/C22H21ClFN3O2/c1-12-10-22(11-24,27-29)20(16-6-7-17(23)13(2)19(12)16)26-18-5-3-4-15-14(18)8-9-25-21(15)28/h3-9,12,20,26H,10-11H2,1-2H3,(H,25,28)/t12?,20?,22-/m0/s1. The van der Waals surface area contributed by atoms with E-state index in [0.717, 1.165) is 16.7 Å². The van der Waals surface area contributed by atoms with Crippen LogP contribution in [0.4, 0.5) is 10.1 Å². The van der Waals surface area contributed by atoms with Crippen LogP contribution in [0, 0.1) is 11.8 Å². The van der Waals surface area contributed by atoms with Gasteiger partial charge in [0.25, 0.3) is 5.56 Å². The summed E-state index contributed by atoms with van der Waals surface area (Å²) in [4.78, 5) is 26.7. The highest BCUT2D eigenvalue weighted by molar-refractivity contribution is 6.31. The van der Waals surface area contributed by atoms with Crippen molar-refractivity contribution in [1.82, 2.24) is 4.98 Å². The normalized spacial score (nSPS) is 23.6. The molecule has 0 saturated carbocycles. The fourth-order valence-electron chi connectivity index (χ4n) is 4.63. The van der Waals surface area contributed by atoms with Gasteiger partial charge in [-0.25, -0.2) is 4.39 Å². The molecular formula is C22H21ClFN3O2. The summed E-state index contributed by atoms with van der Waals surface area (Å²) in [7, 11) is 0. The Bertz CT molecular complexity index is 1160. The molecule has 7 heteroatoms. The van der Waals surface area contributed by atoms with Gasteiger partial charge in [0.1, 0.15) is 6.67 Å². The predicted molar refractivity (Wildman–Crippen MR) is 115 cm³/mol. The number of benzene rings is 2. The molecule has 0 spiro atoms. The van der Waals surface area contributed by atoms with Gasteiger partial charge in [0.15, 0.2) is 5.54 Å². The summed E-state index contributed by atoms with van der Waals surface area (Å²) in [6.07, 6.45) is 1.83. The average molecular weight is 414 g/mol. The third-order valence-electron chi connectivity index (χ3n) is 6.01. The number of H-pyrrole nitrogens is 1. The van der Waals surface area contributed by atoms with Crippen molar-refractivity contribution in [2.45, 2.75) is 37.8 Å². The topological polar surface area (TPSA) is 74.3 Å². The second-order valence-electron chi connectivity index (χ2n) is 7.76. The van der Waals surface area contributed by atoms with Crippen molar-refractivity contribution < 1.29 is 4.39 Å². The minimum Gasteiger partial charge on any atom is -0.375 e. The van der Waals surface area contributed by atoms with E-state index in [1.807, 2.05) is 26.0 Å². The van der Waals surface area contributed by atoms with Gasteiger partial charge in [0, 0.05) is 27.7 Å². The first-order valence-corrected chi connectivity index (χ1v) is 9.86. The van der Waals surface area contributed by atoms with E-state index in [1.165, 1.54) is 0 Å². The van der Waals surface area contributed by atoms with Crippen LogP contribution in [-0.4, -0.2) is 17.2 Å². The molecule has 1 aliphatic carbocycles. The van der Waals surface area contributed by atoms with E-state index < -0.39 is 18.3 Å². The van der Waals surface area contributed by atoms with Crippen LogP contribution in [0.2, 0.25) is 5.02 Å². The van der Waals surface area contributed by atoms with Gasteiger partial charge in [0.05, 0.1) is 6.04 Å². The molecule has 1 aromatic heterocycles. The van der Waals surface area contributed by atoms with Crippen LogP contribution in [0.5, 0.6) is 0 Å². The Hall–Kier alpha value is -2.73. The minimum absolute atomic E-state index is 0.0643. The first-order valence-electron chi connectivity index (χ1n) is 9.48. The summed E-state index contributed by atoms with van der Waals surface area (Å²) in [6, 6.07) is 10.00. The van der Waals surface area contributed by atoms with Crippen LogP contribution in [0.15, 0.2) is 52.6 Å². The number of nitrogens with zero attached hydrogens (tertiary/aromatic N) is 1. The number of alkyl halides is 1. The number of anilines is 1. The summed E-state index contributed by atoms with van der Waals surface area (Å²) in [5.74, 6) is -0.0643. The van der Waals surface area contributed by atoms with Gasteiger partial charge in [0.2, 0.25) is 0 Å². The molecule has 2 N–H and O–H groups in total. The number of aromatic nitrogens is 1. The molecule has 0 aliphatic heterocycles. The molecule has 3 atom stereocenters. The summed E-state index contributed by atoms with van der Waals surface area (Å²) in [5, 5.41) is 8.47. The van der Waals surface area contributed by atoms with Gasteiger partial charge in [-0.3, -0.25) is 4.79 Å². The number of fused-ring (bicyclic) bond motifs is 2. The number of aromatic amines is 1. The first-order chi connectivity index (χ1) is 13.9. The third-order valence-corrected chi connectivity index (χ3v) is 6.42. The SMILES string of the molecule is Cc1c(Cl)ccc2c1C(C)C[C@@](CF)(N=O)C2Nc1cccc2c(=O)[nH]ccc12. The van der Waals surface area contributed by atoms with Crippen molar-refractivity contribution in [1.29, 1.82) is 0 Å². The summed E-state index contributed by atoms with van der Waals surface area (Å²) in [6.45, 7) is 3.01. The largest absolute Gasteiger partial charge is 0.375 e. The number of nitroso groups, excluding NO2 is 1. The van der Waals surface area contributed by atoms with Crippen molar-refractivity contribution in [3.63, 3.8) is 0 Å². The molecule has 5 nitrogen and oxygen atoms in total. The highest BCUT2D eigenvalue weighted by Gasteiger charge is 2.48. The number of hydrogen-bond acceptors (Lipinski definition) is 4. The van der Waals surface area contributed by atoms with Gasteiger partial charge < -0.3 is 10.3 Å². The van der Waals surface area contributed by atoms with E-state index in [2.05, 4.69) is 15.5 Å². The van der Waals surface area contributed by atoms with E-state index in [1.54, 1.807) is 30.5 Å². The number of nitrogens with one attached hydrogen (secondary N) is 2. The fraction of sp³-hybridized carbons (Fsp3) is 0.318. The molecule has 0 amide bonds. The van der Waals surface area contributed by atoms with Crippen LogP contribution >= 0.6 is 11.6 Å². The van der Waals surface area contributed by atoms with Crippen LogP contribution < -0.4 is 10.9 Å². The van der Waals surface area contributed by atoms with Crippen LogP contribution in [0.3, 0.4) is 0 Å². The Morgan fingerprint density at radius 3 is 2.79 bits per heavy atom. The number of rotatable bonds is 4. The highest BCUT2D eigenvalue weighted by atomic mass is 35.5. The molecule has 0 fully saturated rings. The molecule has 0 bridgehead atoms. The molecule has 0 saturated heterocycles. The molecule has 2 unspecified atom stereocenters. The molecule has 0 radical (unpaired) electrons. The lowest BCUT2D eigenvalue weighted by atomic mass is 9.69. The third kappa shape index (κ3) is 3.02. The van der Waals surface area contributed by atoms with Gasteiger partial charge in [-0.2, -0.15) is 4.91 Å². The zero-order valence-electron chi connectivity index (χ0n) is 16.1. The van der Waals surface area contributed by atoms with Crippen molar-refractivity contribution in [3.8, 4) is 0 Å². The van der Waals surface area contributed by atoms with Crippen molar-refractivity contribution in [2.75, 3.05) is 12.0 Å². The Kier molecular flexibility index (Phi) is 4.90. The Morgan fingerprint density at radius 1 is 1.28 bits per heavy atom. The molecule has 3 aromatic rings. The number of hydrogen-bond donors (Lipinski definition) is 2. The number of halogens is 2. The molecule has 4 rings (SSSR count). The highest BCUT2D eigenvalue weighted by Crippen LogP contribution is 2.49. The minimum atomic E-state index is -1.45. The average Bonchev–Trinajstić information content (AvgIpc) is 2.72. The molecule has 1 heterocycles. The molecule has 2 aromatic carbocycles.